The van der Waals surface area contributed by atoms with Gasteiger partial charge in [0.25, 0.3) is 0 Å². The molecule has 0 fully saturated rings. The van der Waals surface area contributed by atoms with Gasteiger partial charge in [0.05, 0.1) is 0 Å². The minimum absolute atomic E-state index is 0.772. The summed E-state index contributed by atoms with van der Waals surface area (Å²) in [5.41, 5.74) is 4.17. The largest absolute Gasteiger partial charge is 0.0891 e. The maximum atomic E-state index is 6.83. The molecule has 0 aliphatic heterocycles. The molecule has 0 unspecified atom stereocenters. The third kappa shape index (κ3) is 2.63. The lowest BCUT2D eigenvalue weighted by Gasteiger charge is -2.07. The van der Waals surface area contributed by atoms with Crippen LogP contribution in [-0.4, -0.2) is 0 Å². The summed E-state index contributed by atoms with van der Waals surface area (Å²) in [5, 5.41) is 0. The van der Waals surface area contributed by atoms with Gasteiger partial charge in [0.2, 0.25) is 0 Å². The van der Waals surface area contributed by atoms with Gasteiger partial charge in [-0.25, -0.2) is 0 Å². The summed E-state index contributed by atoms with van der Waals surface area (Å²) < 4.78 is 0. The molecule has 0 aliphatic rings. The fourth-order valence-corrected chi connectivity index (χ4v) is 1.60. The molecule has 0 amide bonds. The van der Waals surface area contributed by atoms with E-state index in [0.29, 0.717) is 0 Å². The number of unbranched alkanes of at least 4 members (excludes halogenated alkanes) is 1. The van der Waals surface area contributed by atoms with E-state index in [-0.39, 0.29) is 0 Å². The monoisotopic (exact) mass is 171 g/mol. The molecule has 0 aromatic heterocycles. The van der Waals surface area contributed by atoms with Crippen LogP contribution >= 0.6 is 0 Å². The molecule has 67 valence electrons. The molecule has 1 aromatic rings. The van der Waals surface area contributed by atoms with Gasteiger partial charge in [-0.05, 0) is 49.8 Å². The Hall–Kier alpha value is -1.22. The SMILES string of the molecule is [C]#CCCCc1c(C)cccc1C. The van der Waals surface area contributed by atoms with Crippen LogP contribution in [0.2, 0.25) is 0 Å². The Morgan fingerprint density at radius 2 is 1.85 bits per heavy atom. The lowest BCUT2D eigenvalue weighted by molar-refractivity contribution is 0.845. The van der Waals surface area contributed by atoms with E-state index >= 15 is 0 Å². The average molecular weight is 171 g/mol. The molecular weight excluding hydrogens is 156 g/mol. The van der Waals surface area contributed by atoms with Crippen molar-refractivity contribution in [2.24, 2.45) is 0 Å². The van der Waals surface area contributed by atoms with Crippen LogP contribution in [0.15, 0.2) is 18.2 Å². The Morgan fingerprint density at radius 1 is 1.23 bits per heavy atom. The van der Waals surface area contributed by atoms with Crippen LogP contribution in [0.25, 0.3) is 0 Å². The lowest BCUT2D eigenvalue weighted by atomic mass is 9.98. The molecule has 0 atom stereocenters. The summed E-state index contributed by atoms with van der Waals surface area (Å²) in [6, 6.07) is 6.39. The molecule has 0 N–H and O–H groups in total. The zero-order valence-electron chi connectivity index (χ0n) is 8.35. The van der Waals surface area contributed by atoms with Crippen molar-refractivity contribution < 1.29 is 0 Å². The Bertz CT molecular complexity index is 295. The van der Waals surface area contributed by atoms with E-state index in [9.17, 15) is 0 Å². The van der Waals surface area contributed by atoms with Crippen LogP contribution in [-0.2, 0) is 6.42 Å². The minimum atomic E-state index is 0.772. The van der Waals surface area contributed by atoms with Crippen LogP contribution in [0.1, 0.15) is 29.5 Å². The first-order chi connectivity index (χ1) is 6.25. The van der Waals surface area contributed by atoms with E-state index in [1.165, 1.54) is 16.7 Å². The standard InChI is InChI=1S/C13H15/c1-4-5-6-10-13-11(2)8-7-9-12(13)3/h7-9H,5-6,10H2,2-3H3. The highest BCUT2D eigenvalue weighted by Gasteiger charge is 2.00. The minimum Gasteiger partial charge on any atom is -0.0891 e. The highest BCUT2D eigenvalue weighted by atomic mass is 14.1. The van der Waals surface area contributed by atoms with Crippen molar-refractivity contribution in [3.63, 3.8) is 0 Å². The van der Waals surface area contributed by atoms with E-state index < -0.39 is 0 Å². The van der Waals surface area contributed by atoms with Crippen molar-refractivity contribution in [2.75, 3.05) is 0 Å². The number of aryl methyl sites for hydroxylation is 2. The van der Waals surface area contributed by atoms with Gasteiger partial charge in [-0.1, -0.05) is 24.1 Å². The zero-order chi connectivity index (χ0) is 9.68. The number of rotatable bonds is 3. The zero-order valence-corrected chi connectivity index (χ0v) is 8.35. The second-order valence-electron chi connectivity index (χ2n) is 3.40. The van der Waals surface area contributed by atoms with Gasteiger partial charge in [-0.2, -0.15) is 0 Å². The summed E-state index contributed by atoms with van der Waals surface area (Å²) in [4.78, 5) is 0. The number of hydrogen-bond acceptors (Lipinski definition) is 0. The molecule has 13 heavy (non-hydrogen) atoms. The lowest BCUT2D eigenvalue weighted by Crippen LogP contribution is -1.93. The van der Waals surface area contributed by atoms with Gasteiger partial charge in [-0.15, -0.1) is 0 Å². The van der Waals surface area contributed by atoms with Gasteiger partial charge < -0.3 is 0 Å². The Balaban J connectivity index is 2.71. The first-order valence-corrected chi connectivity index (χ1v) is 4.70. The maximum Gasteiger partial charge on any atom is 0.0102 e. The second-order valence-corrected chi connectivity index (χ2v) is 3.40. The van der Waals surface area contributed by atoms with E-state index in [0.717, 1.165) is 19.3 Å². The van der Waals surface area contributed by atoms with Crippen LogP contribution in [0.4, 0.5) is 0 Å². The third-order valence-corrected chi connectivity index (χ3v) is 2.37. The van der Waals surface area contributed by atoms with E-state index in [1.54, 1.807) is 0 Å². The average Bonchev–Trinajstić information content (AvgIpc) is 2.10. The van der Waals surface area contributed by atoms with E-state index in [2.05, 4.69) is 38.0 Å². The summed E-state index contributed by atoms with van der Waals surface area (Å²) in [6.07, 6.45) is 9.71. The third-order valence-electron chi connectivity index (χ3n) is 2.37. The van der Waals surface area contributed by atoms with Crippen LogP contribution < -0.4 is 0 Å². The van der Waals surface area contributed by atoms with Gasteiger partial charge >= 0.3 is 0 Å². The molecular formula is C13H15. The summed E-state index contributed by atoms with van der Waals surface area (Å²) in [7, 11) is 0. The summed E-state index contributed by atoms with van der Waals surface area (Å²) in [6.45, 7) is 4.30. The molecule has 0 spiro atoms. The summed E-state index contributed by atoms with van der Waals surface area (Å²) >= 11 is 0. The number of hydrogen-bond donors (Lipinski definition) is 0. The Morgan fingerprint density at radius 3 is 2.38 bits per heavy atom. The predicted molar refractivity (Wildman–Crippen MR) is 56.0 cm³/mol. The summed E-state index contributed by atoms with van der Waals surface area (Å²) in [5.74, 6) is 2.43. The normalized spacial score (nSPS) is 9.62. The molecule has 0 heterocycles. The number of benzene rings is 1. The van der Waals surface area contributed by atoms with Crippen molar-refractivity contribution in [1.82, 2.24) is 0 Å². The Labute approximate surface area is 81.0 Å². The first-order valence-electron chi connectivity index (χ1n) is 4.70. The molecule has 0 saturated carbocycles. The van der Waals surface area contributed by atoms with Crippen LogP contribution in [0.3, 0.4) is 0 Å². The molecule has 1 aromatic carbocycles. The van der Waals surface area contributed by atoms with Gasteiger partial charge in [-0.3, -0.25) is 0 Å². The van der Waals surface area contributed by atoms with Crippen molar-refractivity contribution >= 4 is 0 Å². The highest BCUT2D eigenvalue weighted by Crippen LogP contribution is 2.15. The molecule has 1 rings (SSSR count). The Kier molecular flexibility index (Phi) is 3.58. The van der Waals surface area contributed by atoms with Crippen LogP contribution in [0.5, 0.6) is 0 Å². The molecule has 0 saturated heterocycles. The first kappa shape index (κ1) is 9.86. The molecule has 0 heteroatoms. The van der Waals surface area contributed by atoms with Gasteiger partial charge in [0.15, 0.2) is 0 Å². The fourth-order valence-electron chi connectivity index (χ4n) is 1.60. The molecule has 0 nitrogen and oxygen atoms in total. The van der Waals surface area contributed by atoms with Crippen molar-refractivity contribution in [1.29, 1.82) is 0 Å². The van der Waals surface area contributed by atoms with Gasteiger partial charge in [0, 0.05) is 6.42 Å². The van der Waals surface area contributed by atoms with Crippen molar-refractivity contribution in [3.8, 4) is 5.92 Å². The molecule has 0 bridgehead atoms. The quantitative estimate of drug-likeness (QED) is 0.484. The van der Waals surface area contributed by atoms with E-state index in [1.807, 2.05) is 0 Å². The topological polar surface area (TPSA) is 0 Å². The van der Waals surface area contributed by atoms with Crippen molar-refractivity contribution in [3.05, 3.63) is 41.3 Å². The van der Waals surface area contributed by atoms with E-state index in [4.69, 9.17) is 6.42 Å². The smallest absolute Gasteiger partial charge is 0.0102 e. The second kappa shape index (κ2) is 4.72. The van der Waals surface area contributed by atoms with Crippen molar-refractivity contribution in [2.45, 2.75) is 33.1 Å². The highest BCUT2D eigenvalue weighted by molar-refractivity contribution is 5.33. The predicted octanol–water partition coefficient (Wildman–Crippen LogP) is 3.22. The van der Waals surface area contributed by atoms with Crippen LogP contribution in [0, 0.1) is 26.2 Å². The fraction of sp³-hybridized carbons (Fsp3) is 0.385. The maximum absolute atomic E-state index is 6.83. The molecule has 1 radical (unpaired) electrons. The molecule has 0 aliphatic carbocycles. The van der Waals surface area contributed by atoms with Gasteiger partial charge in [0.1, 0.15) is 0 Å².